The zero-order valence-corrected chi connectivity index (χ0v) is 10.7. The first-order valence-electron chi connectivity index (χ1n) is 5.58. The van der Waals surface area contributed by atoms with E-state index < -0.39 is 5.82 Å². The summed E-state index contributed by atoms with van der Waals surface area (Å²) < 4.78 is 18.3. The van der Waals surface area contributed by atoms with Gasteiger partial charge in [0.1, 0.15) is 12.4 Å². The van der Waals surface area contributed by atoms with E-state index in [4.69, 9.17) is 16.3 Å². The Morgan fingerprint density at radius 3 is 2.89 bits per heavy atom. The van der Waals surface area contributed by atoms with E-state index >= 15 is 0 Å². The van der Waals surface area contributed by atoms with Gasteiger partial charge in [0.2, 0.25) is 5.91 Å². The summed E-state index contributed by atoms with van der Waals surface area (Å²) in [6.45, 7) is 3.35. The Labute approximate surface area is 109 Å². The lowest BCUT2D eigenvalue weighted by atomic mass is 10.0. The zero-order valence-electron chi connectivity index (χ0n) is 9.93. The number of hydrogen-bond donors (Lipinski definition) is 2. The molecule has 0 aromatic heterocycles. The number of hydrogen-bond acceptors (Lipinski definition) is 3. The van der Waals surface area contributed by atoms with Crippen molar-refractivity contribution in [2.24, 2.45) is 0 Å². The fourth-order valence-corrected chi connectivity index (χ4v) is 1.81. The van der Waals surface area contributed by atoms with Crippen LogP contribution in [0, 0.1) is 5.82 Å². The van der Waals surface area contributed by atoms with E-state index in [1.54, 1.807) is 0 Å². The van der Waals surface area contributed by atoms with Gasteiger partial charge in [-0.05, 0) is 25.1 Å². The highest BCUT2D eigenvalue weighted by molar-refractivity contribution is 6.33. The smallest absolute Gasteiger partial charge is 0.250 e. The molecular weight excluding hydrogens is 259 g/mol. The average molecular weight is 273 g/mol. The summed E-state index contributed by atoms with van der Waals surface area (Å²) in [6.07, 6.45) is 0. The number of halogens is 2. The number of rotatable bonds is 4. The number of ether oxygens (including phenoxy) is 1. The van der Waals surface area contributed by atoms with Gasteiger partial charge in [-0.3, -0.25) is 4.79 Å². The predicted molar refractivity (Wildman–Crippen MR) is 67.3 cm³/mol. The van der Waals surface area contributed by atoms with Crippen LogP contribution in [0.5, 0.6) is 0 Å². The minimum atomic E-state index is -0.442. The fourth-order valence-electron chi connectivity index (χ4n) is 1.60. The normalized spacial score (nSPS) is 17.1. The Morgan fingerprint density at radius 2 is 2.33 bits per heavy atom. The van der Waals surface area contributed by atoms with E-state index in [0.717, 1.165) is 19.2 Å². The number of carbonyl (C=O) groups excluding carboxylic acids is 1. The van der Waals surface area contributed by atoms with Crippen LogP contribution in [-0.4, -0.2) is 31.2 Å². The maximum Gasteiger partial charge on any atom is 0.250 e. The standard InChI is InChI=1S/C12H14ClFN2O2/c1-12(6-15-7-12)18-5-11(17)16-10-3-2-8(14)4-9(10)13/h2-4,15H,5-7H2,1H3,(H,16,17). The third-order valence-electron chi connectivity index (χ3n) is 2.75. The van der Waals surface area contributed by atoms with Gasteiger partial charge in [-0.25, -0.2) is 4.39 Å². The summed E-state index contributed by atoms with van der Waals surface area (Å²) in [7, 11) is 0. The fraction of sp³-hybridized carbons (Fsp3) is 0.417. The molecule has 4 nitrogen and oxygen atoms in total. The van der Waals surface area contributed by atoms with Crippen LogP contribution < -0.4 is 10.6 Å². The van der Waals surface area contributed by atoms with Crippen LogP contribution in [0.15, 0.2) is 18.2 Å². The average Bonchev–Trinajstić information content (AvgIpc) is 2.28. The minimum absolute atomic E-state index is 0.0497. The number of amides is 1. The topological polar surface area (TPSA) is 50.4 Å². The Kier molecular flexibility index (Phi) is 3.85. The molecule has 1 aliphatic rings. The lowest BCUT2D eigenvalue weighted by Crippen LogP contribution is -2.59. The second kappa shape index (κ2) is 5.22. The molecule has 2 N–H and O–H groups in total. The van der Waals surface area contributed by atoms with Crippen molar-refractivity contribution in [1.29, 1.82) is 0 Å². The van der Waals surface area contributed by atoms with Gasteiger partial charge in [0, 0.05) is 13.1 Å². The highest BCUT2D eigenvalue weighted by atomic mass is 35.5. The van der Waals surface area contributed by atoms with E-state index in [1.807, 2.05) is 6.92 Å². The summed E-state index contributed by atoms with van der Waals surface area (Å²) in [6, 6.07) is 3.80. The molecule has 0 spiro atoms. The van der Waals surface area contributed by atoms with Crippen LogP contribution in [0.3, 0.4) is 0 Å². The molecule has 0 aliphatic carbocycles. The van der Waals surface area contributed by atoms with Crippen molar-refractivity contribution in [1.82, 2.24) is 5.32 Å². The molecule has 0 unspecified atom stereocenters. The molecule has 1 aromatic carbocycles. The van der Waals surface area contributed by atoms with Crippen molar-refractivity contribution in [2.45, 2.75) is 12.5 Å². The second-order valence-corrected chi connectivity index (χ2v) is 4.92. The molecule has 18 heavy (non-hydrogen) atoms. The molecule has 0 saturated carbocycles. The van der Waals surface area contributed by atoms with Gasteiger partial charge < -0.3 is 15.4 Å². The molecule has 6 heteroatoms. The SMILES string of the molecule is CC1(OCC(=O)Nc2ccc(F)cc2Cl)CNC1. The minimum Gasteiger partial charge on any atom is -0.363 e. The van der Waals surface area contributed by atoms with Crippen molar-refractivity contribution >= 4 is 23.2 Å². The van der Waals surface area contributed by atoms with Gasteiger partial charge >= 0.3 is 0 Å². The number of anilines is 1. The van der Waals surface area contributed by atoms with Crippen LogP contribution in [0.4, 0.5) is 10.1 Å². The quantitative estimate of drug-likeness (QED) is 0.879. The first-order valence-corrected chi connectivity index (χ1v) is 5.96. The van der Waals surface area contributed by atoms with Gasteiger partial charge in [-0.15, -0.1) is 0 Å². The van der Waals surface area contributed by atoms with Crippen LogP contribution in [-0.2, 0) is 9.53 Å². The maximum absolute atomic E-state index is 12.8. The predicted octanol–water partition coefficient (Wildman–Crippen LogP) is 1.80. The van der Waals surface area contributed by atoms with Gasteiger partial charge in [0.05, 0.1) is 16.3 Å². The van der Waals surface area contributed by atoms with E-state index in [2.05, 4.69) is 10.6 Å². The van der Waals surface area contributed by atoms with Crippen molar-refractivity contribution in [3.8, 4) is 0 Å². The molecule has 2 rings (SSSR count). The molecule has 0 atom stereocenters. The first kappa shape index (κ1) is 13.3. The molecule has 1 amide bonds. The Morgan fingerprint density at radius 1 is 1.61 bits per heavy atom. The van der Waals surface area contributed by atoms with Crippen LogP contribution in [0.1, 0.15) is 6.92 Å². The maximum atomic E-state index is 12.8. The molecule has 1 aliphatic heterocycles. The molecule has 0 radical (unpaired) electrons. The number of benzene rings is 1. The van der Waals surface area contributed by atoms with Crippen molar-refractivity contribution in [3.63, 3.8) is 0 Å². The van der Waals surface area contributed by atoms with E-state index in [9.17, 15) is 9.18 Å². The monoisotopic (exact) mass is 272 g/mol. The summed E-state index contributed by atoms with van der Waals surface area (Å²) in [5.74, 6) is -0.751. The van der Waals surface area contributed by atoms with Crippen LogP contribution in [0.2, 0.25) is 5.02 Å². The number of nitrogens with one attached hydrogen (secondary N) is 2. The van der Waals surface area contributed by atoms with Crippen LogP contribution >= 0.6 is 11.6 Å². The zero-order chi connectivity index (χ0) is 13.2. The molecule has 1 heterocycles. The molecular formula is C12H14ClFN2O2. The third kappa shape index (κ3) is 3.19. The molecule has 1 aromatic rings. The lowest BCUT2D eigenvalue weighted by molar-refractivity contribution is -0.130. The molecule has 1 saturated heterocycles. The van der Waals surface area contributed by atoms with Gasteiger partial charge in [-0.1, -0.05) is 11.6 Å². The Bertz CT molecular complexity index is 463. The molecule has 98 valence electrons. The Balaban J connectivity index is 1.87. The largest absolute Gasteiger partial charge is 0.363 e. The van der Waals surface area contributed by atoms with Crippen LogP contribution in [0.25, 0.3) is 0 Å². The Hall–Kier alpha value is -1.17. The van der Waals surface area contributed by atoms with Crippen molar-refractivity contribution in [2.75, 3.05) is 25.0 Å². The van der Waals surface area contributed by atoms with Gasteiger partial charge in [-0.2, -0.15) is 0 Å². The van der Waals surface area contributed by atoms with E-state index in [-0.39, 0.29) is 23.1 Å². The summed E-state index contributed by atoms with van der Waals surface area (Å²) in [5.41, 5.74) is 0.104. The third-order valence-corrected chi connectivity index (χ3v) is 3.07. The van der Waals surface area contributed by atoms with E-state index in [0.29, 0.717) is 5.69 Å². The molecule has 1 fully saturated rings. The first-order chi connectivity index (χ1) is 8.48. The number of carbonyl (C=O) groups is 1. The van der Waals surface area contributed by atoms with Crippen molar-refractivity contribution < 1.29 is 13.9 Å². The van der Waals surface area contributed by atoms with Crippen molar-refractivity contribution in [3.05, 3.63) is 29.0 Å². The summed E-state index contributed by atoms with van der Waals surface area (Å²) >= 11 is 5.80. The summed E-state index contributed by atoms with van der Waals surface area (Å²) in [4.78, 5) is 11.6. The summed E-state index contributed by atoms with van der Waals surface area (Å²) in [5, 5.41) is 5.81. The highest BCUT2D eigenvalue weighted by Crippen LogP contribution is 2.22. The van der Waals surface area contributed by atoms with Gasteiger partial charge in [0.25, 0.3) is 0 Å². The molecule has 0 bridgehead atoms. The van der Waals surface area contributed by atoms with E-state index in [1.165, 1.54) is 12.1 Å². The van der Waals surface area contributed by atoms with Gasteiger partial charge in [0.15, 0.2) is 0 Å². The lowest BCUT2D eigenvalue weighted by Gasteiger charge is -2.38. The second-order valence-electron chi connectivity index (χ2n) is 4.51. The highest BCUT2D eigenvalue weighted by Gasteiger charge is 2.33.